The minimum absolute atomic E-state index is 0.0166. The Hall–Kier alpha value is -4.46. The monoisotopic (exact) mass is 532 g/mol. The first-order valence-corrected chi connectivity index (χ1v) is 11.8. The van der Waals surface area contributed by atoms with Gasteiger partial charge in [-0.3, -0.25) is 24.0 Å². The van der Waals surface area contributed by atoms with Crippen LogP contribution in [-0.4, -0.2) is 74.9 Å². The van der Waals surface area contributed by atoms with Crippen molar-refractivity contribution in [2.45, 2.75) is 63.2 Å². The molecule has 1 aromatic heterocycles. The number of aromatic amines is 1. The number of carbonyl (C=O) groups excluding carboxylic acids is 4. The number of aromatic nitrogens is 1. The maximum Gasteiger partial charge on any atom is 0.326 e. The number of H-pyrrole nitrogens is 1. The van der Waals surface area contributed by atoms with Gasteiger partial charge in [-0.2, -0.15) is 0 Å². The van der Waals surface area contributed by atoms with E-state index in [1.54, 1.807) is 12.3 Å². The Bertz CT molecular complexity index is 1200. The summed E-state index contributed by atoms with van der Waals surface area (Å²) in [5.41, 5.74) is 12.3. The molecular weight excluding hydrogens is 500 g/mol. The number of nitrogens with one attached hydrogen (secondary N) is 4. The lowest BCUT2D eigenvalue weighted by Crippen LogP contribution is -2.56. The lowest BCUT2D eigenvalue weighted by molar-refractivity contribution is -0.142. The fourth-order valence-corrected chi connectivity index (χ4v) is 3.64. The lowest BCUT2D eigenvalue weighted by atomic mass is 10.0. The predicted octanol–water partition coefficient (Wildman–Crippen LogP) is -1.27. The molecule has 2 aromatic rings. The van der Waals surface area contributed by atoms with Crippen LogP contribution < -0.4 is 27.4 Å². The Morgan fingerprint density at radius 3 is 2.18 bits per heavy atom. The van der Waals surface area contributed by atoms with Crippen molar-refractivity contribution in [2.75, 3.05) is 0 Å². The third-order valence-corrected chi connectivity index (χ3v) is 5.78. The van der Waals surface area contributed by atoms with E-state index >= 15 is 0 Å². The Labute approximate surface area is 217 Å². The van der Waals surface area contributed by atoms with Gasteiger partial charge in [-0.1, -0.05) is 18.2 Å². The minimum atomic E-state index is -1.30. The van der Waals surface area contributed by atoms with Gasteiger partial charge in [0.2, 0.25) is 23.6 Å². The van der Waals surface area contributed by atoms with E-state index in [0.717, 1.165) is 10.9 Å². The molecule has 0 saturated carbocycles. The third kappa shape index (κ3) is 8.89. The SMILES string of the molecule is CC(NC(=O)C(CCC(N)=O)NC(=O)C(N)CCC(=O)O)C(=O)NC(Cc1c[nH]c2ccccc12)C(=O)O. The summed E-state index contributed by atoms with van der Waals surface area (Å²) in [5, 5.41) is 26.3. The molecule has 1 aromatic carbocycles. The molecule has 0 aliphatic carbocycles. The molecular formula is C24H32N6O8. The first kappa shape index (κ1) is 29.8. The number of hydrogen-bond donors (Lipinski definition) is 8. The molecule has 0 bridgehead atoms. The quantitative estimate of drug-likeness (QED) is 0.136. The molecule has 4 unspecified atom stereocenters. The molecule has 0 aliphatic rings. The smallest absolute Gasteiger partial charge is 0.326 e. The molecule has 0 saturated heterocycles. The number of benzene rings is 1. The van der Waals surface area contributed by atoms with Crippen molar-refractivity contribution in [1.82, 2.24) is 20.9 Å². The van der Waals surface area contributed by atoms with E-state index < -0.39 is 59.7 Å². The summed E-state index contributed by atoms with van der Waals surface area (Å²) in [6, 6.07) is 2.25. The largest absolute Gasteiger partial charge is 0.481 e. The van der Waals surface area contributed by atoms with E-state index in [-0.39, 0.29) is 32.1 Å². The molecule has 0 radical (unpaired) electrons. The lowest BCUT2D eigenvalue weighted by Gasteiger charge is -2.23. The molecule has 38 heavy (non-hydrogen) atoms. The summed E-state index contributed by atoms with van der Waals surface area (Å²) in [5.74, 6) is -5.61. The van der Waals surface area contributed by atoms with Crippen LogP contribution in [0.2, 0.25) is 0 Å². The van der Waals surface area contributed by atoms with E-state index in [9.17, 15) is 33.9 Å². The van der Waals surface area contributed by atoms with Crippen LogP contribution in [0.4, 0.5) is 0 Å². The van der Waals surface area contributed by atoms with Crippen LogP contribution in [0.25, 0.3) is 10.9 Å². The Balaban J connectivity index is 2.03. The second-order valence-corrected chi connectivity index (χ2v) is 8.80. The standard InChI is InChI=1S/C24H32N6O8/c1-12(21(34)30-18(24(37)38)10-13-11-27-16-5-3-2-4-14(13)16)28-23(36)17(7-8-19(26)31)29-22(35)15(25)6-9-20(32)33/h2-5,11-12,15,17-18,27H,6-10,25H2,1H3,(H2,26,31)(H,28,36)(H,29,35)(H,30,34)(H,32,33)(H,37,38). The zero-order chi connectivity index (χ0) is 28.4. The van der Waals surface area contributed by atoms with Crippen molar-refractivity contribution >= 4 is 46.5 Å². The summed E-state index contributed by atoms with van der Waals surface area (Å²) >= 11 is 0. The van der Waals surface area contributed by atoms with Gasteiger partial charge in [0.25, 0.3) is 0 Å². The first-order valence-electron chi connectivity index (χ1n) is 11.8. The summed E-state index contributed by atoms with van der Waals surface area (Å²) in [4.78, 5) is 74.6. The van der Waals surface area contributed by atoms with Crippen molar-refractivity contribution in [1.29, 1.82) is 0 Å². The number of primary amides is 1. The van der Waals surface area contributed by atoms with E-state index in [4.69, 9.17) is 16.6 Å². The molecule has 14 heteroatoms. The number of carboxylic acid groups (broad SMARTS) is 2. The van der Waals surface area contributed by atoms with Crippen LogP contribution in [0.3, 0.4) is 0 Å². The van der Waals surface area contributed by atoms with E-state index in [1.165, 1.54) is 6.92 Å². The summed E-state index contributed by atoms with van der Waals surface area (Å²) < 4.78 is 0. The topological polar surface area (TPSA) is 247 Å². The highest BCUT2D eigenvalue weighted by Crippen LogP contribution is 2.19. The zero-order valence-corrected chi connectivity index (χ0v) is 20.7. The molecule has 0 aliphatic heterocycles. The summed E-state index contributed by atoms with van der Waals surface area (Å²) in [6.07, 6.45) is 0.618. The van der Waals surface area contributed by atoms with Crippen molar-refractivity contribution < 1.29 is 39.0 Å². The van der Waals surface area contributed by atoms with Crippen LogP contribution in [0.5, 0.6) is 0 Å². The average Bonchev–Trinajstić information content (AvgIpc) is 3.26. The molecule has 4 amide bonds. The molecule has 0 spiro atoms. The Morgan fingerprint density at radius 1 is 0.895 bits per heavy atom. The predicted molar refractivity (Wildman–Crippen MR) is 134 cm³/mol. The molecule has 4 atom stereocenters. The number of rotatable bonds is 15. The van der Waals surface area contributed by atoms with Gasteiger partial charge >= 0.3 is 11.9 Å². The number of hydrogen-bond acceptors (Lipinski definition) is 7. The number of aliphatic carboxylic acids is 2. The van der Waals surface area contributed by atoms with Gasteiger partial charge in [0.1, 0.15) is 18.1 Å². The van der Waals surface area contributed by atoms with Gasteiger partial charge in [-0.05, 0) is 31.4 Å². The number of para-hydroxylation sites is 1. The van der Waals surface area contributed by atoms with Crippen molar-refractivity contribution in [3.8, 4) is 0 Å². The number of fused-ring (bicyclic) bond motifs is 1. The highest BCUT2D eigenvalue weighted by Gasteiger charge is 2.29. The normalized spacial score (nSPS) is 14.1. The third-order valence-electron chi connectivity index (χ3n) is 5.78. The maximum absolute atomic E-state index is 12.8. The van der Waals surface area contributed by atoms with Crippen molar-refractivity contribution in [3.63, 3.8) is 0 Å². The average molecular weight is 533 g/mol. The molecule has 10 N–H and O–H groups in total. The number of nitrogens with two attached hydrogens (primary N) is 2. The molecule has 0 fully saturated rings. The molecule has 206 valence electrons. The number of carboxylic acids is 2. The Kier molecular flexibility index (Phi) is 10.8. The second-order valence-electron chi connectivity index (χ2n) is 8.80. The van der Waals surface area contributed by atoms with Gasteiger partial charge in [-0.25, -0.2) is 4.79 Å². The number of amides is 4. The van der Waals surface area contributed by atoms with Crippen LogP contribution in [0.1, 0.15) is 38.2 Å². The fraction of sp³-hybridized carbons (Fsp3) is 0.417. The Morgan fingerprint density at radius 2 is 1.55 bits per heavy atom. The van der Waals surface area contributed by atoms with Crippen molar-refractivity contribution in [3.05, 3.63) is 36.0 Å². The molecule has 2 rings (SSSR count). The highest BCUT2D eigenvalue weighted by atomic mass is 16.4. The maximum atomic E-state index is 12.8. The van der Waals surface area contributed by atoms with Gasteiger partial charge in [0, 0.05) is 36.4 Å². The van der Waals surface area contributed by atoms with E-state index in [1.807, 2.05) is 18.2 Å². The second kappa shape index (κ2) is 13.7. The zero-order valence-electron chi connectivity index (χ0n) is 20.7. The minimum Gasteiger partial charge on any atom is -0.481 e. The van der Waals surface area contributed by atoms with Crippen LogP contribution in [0.15, 0.2) is 30.5 Å². The fourth-order valence-electron chi connectivity index (χ4n) is 3.64. The molecule has 14 nitrogen and oxygen atoms in total. The number of carbonyl (C=O) groups is 6. The van der Waals surface area contributed by atoms with E-state index in [2.05, 4.69) is 20.9 Å². The first-order chi connectivity index (χ1) is 17.9. The van der Waals surface area contributed by atoms with Crippen LogP contribution >= 0.6 is 0 Å². The highest BCUT2D eigenvalue weighted by molar-refractivity contribution is 5.94. The summed E-state index contributed by atoms with van der Waals surface area (Å²) in [6.45, 7) is 1.32. The van der Waals surface area contributed by atoms with Gasteiger partial charge in [0.15, 0.2) is 0 Å². The van der Waals surface area contributed by atoms with Gasteiger partial charge in [-0.15, -0.1) is 0 Å². The molecule has 1 heterocycles. The van der Waals surface area contributed by atoms with E-state index in [0.29, 0.717) is 5.56 Å². The van der Waals surface area contributed by atoms with Crippen LogP contribution in [-0.2, 0) is 35.2 Å². The van der Waals surface area contributed by atoms with Crippen molar-refractivity contribution in [2.24, 2.45) is 11.5 Å². The van der Waals surface area contributed by atoms with Gasteiger partial charge < -0.3 is 42.6 Å². The van der Waals surface area contributed by atoms with Crippen LogP contribution in [0, 0.1) is 0 Å². The summed E-state index contributed by atoms with van der Waals surface area (Å²) in [7, 11) is 0. The van der Waals surface area contributed by atoms with Gasteiger partial charge in [0.05, 0.1) is 6.04 Å².